The quantitative estimate of drug-likeness (QED) is 0.128. The van der Waals surface area contributed by atoms with Gasteiger partial charge in [0.15, 0.2) is 28.8 Å². The molecule has 5 rings (SSSR count). The second-order valence-corrected chi connectivity index (χ2v) is 11.1. The molecule has 4 aromatic rings. The topological polar surface area (TPSA) is 131 Å². The van der Waals surface area contributed by atoms with Crippen molar-refractivity contribution in [2.75, 3.05) is 39.9 Å². The second kappa shape index (κ2) is 14.8. The van der Waals surface area contributed by atoms with Crippen molar-refractivity contribution in [3.8, 4) is 28.7 Å². The van der Waals surface area contributed by atoms with Crippen LogP contribution in [0.5, 0.6) is 28.7 Å². The minimum Gasteiger partial charge on any atom is -0.493 e. The highest BCUT2D eigenvalue weighted by molar-refractivity contribution is 9.10. The van der Waals surface area contributed by atoms with Crippen LogP contribution in [0.15, 0.2) is 71.4 Å². The lowest BCUT2D eigenvalue weighted by atomic mass is 10.1. The highest BCUT2D eigenvalue weighted by Crippen LogP contribution is 2.38. The van der Waals surface area contributed by atoms with Gasteiger partial charge in [-0.05, 0) is 65.7 Å². The van der Waals surface area contributed by atoms with E-state index in [2.05, 4.69) is 26.2 Å². The van der Waals surface area contributed by atoms with Gasteiger partial charge in [-0.25, -0.2) is 0 Å². The SMILES string of the molecule is COc1cc(/C=C/C(=O)/C=C/c2cc(OC)c(OC)c(OC)c2)ccc1OCc1cn(CCN2C(=O)C(=O)c3cc(Br)ccc32)nn1. The van der Waals surface area contributed by atoms with Gasteiger partial charge in [-0.1, -0.05) is 39.4 Å². The van der Waals surface area contributed by atoms with E-state index in [4.69, 9.17) is 23.7 Å². The predicted molar refractivity (Wildman–Crippen MR) is 177 cm³/mol. The summed E-state index contributed by atoms with van der Waals surface area (Å²) >= 11 is 3.34. The van der Waals surface area contributed by atoms with Gasteiger partial charge in [0.1, 0.15) is 12.3 Å². The number of hydrogen-bond acceptors (Lipinski definition) is 10. The molecule has 13 heteroatoms. The van der Waals surface area contributed by atoms with Crippen LogP contribution >= 0.6 is 15.9 Å². The Labute approximate surface area is 279 Å². The van der Waals surface area contributed by atoms with Crippen LogP contribution in [0.1, 0.15) is 27.2 Å². The lowest BCUT2D eigenvalue weighted by Gasteiger charge is -2.16. The summed E-state index contributed by atoms with van der Waals surface area (Å²) in [5.74, 6) is 1.09. The van der Waals surface area contributed by atoms with Gasteiger partial charge in [-0.3, -0.25) is 19.1 Å². The molecular formula is C34H31BrN4O8. The average Bonchev–Trinajstić information content (AvgIpc) is 3.64. The summed E-state index contributed by atoms with van der Waals surface area (Å²) in [6.07, 6.45) is 7.95. The summed E-state index contributed by atoms with van der Waals surface area (Å²) in [5.41, 5.74) is 2.96. The van der Waals surface area contributed by atoms with Gasteiger partial charge in [0, 0.05) is 11.0 Å². The maximum atomic E-state index is 12.6. The van der Waals surface area contributed by atoms with E-state index in [1.807, 2.05) is 0 Å². The number of ketones is 2. The molecule has 47 heavy (non-hydrogen) atoms. The number of aromatic nitrogens is 3. The van der Waals surface area contributed by atoms with Crippen molar-refractivity contribution in [3.63, 3.8) is 0 Å². The van der Waals surface area contributed by atoms with Crippen LogP contribution in [0.2, 0.25) is 0 Å². The number of fused-ring (bicyclic) bond motifs is 1. The molecule has 0 saturated carbocycles. The molecule has 0 atom stereocenters. The van der Waals surface area contributed by atoms with Crippen molar-refractivity contribution < 1.29 is 38.1 Å². The Hall–Kier alpha value is -5.43. The standard InChI is InChI=1S/C34H31BrN4O8/c1-43-29-15-21(5-9-25(40)10-6-22-16-30(44-2)33(46-4)31(17-22)45-3)7-12-28(29)47-20-24-19-38(37-36-24)13-14-39-27-11-8-23(35)18-26(27)32(41)34(39)42/h5-12,15-19H,13-14,20H2,1-4H3/b9-5+,10-6+. The number of Topliss-reactive ketones (excluding diaryl/α,β-unsaturated/α-hetero) is 1. The number of rotatable bonds is 14. The smallest absolute Gasteiger partial charge is 0.299 e. The number of benzene rings is 3. The number of nitrogens with zero attached hydrogens (tertiary/aromatic N) is 4. The number of allylic oxidation sites excluding steroid dienone is 2. The Morgan fingerprint density at radius 3 is 2.17 bits per heavy atom. The molecule has 1 amide bonds. The molecule has 1 aliphatic rings. The van der Waals surface area contributed by atoms with Gasteiger partial charge >= 0.3 is 0 Å². The summed E-state index contributed by atoms with van der Waals surface area (Å²) < 4.78 is 29.8. The molecule has 1 aromatic heterocycles. The molecular weight excluding hydrogens is 672 g/mol. The fraction of sp³-hybridized carbons (Fsp3) is 0.206. The van der Waals surface area contributed by atoms with Crippen molar-refractivity contribution >= 4 is 51.2 Å². The maximum absolute atomic E-state index is 12.6. The van der Waals surface area contributed by atoms with E-state index in [1.54, 1.807) is 71.6 Å². The first-order valence-corrected chi connectivity index (χ1v) is 15.1. The number of hydrogen-bond donors (Lipinski definition) is 0. The third-order valence-electron chi connectivity index (χ3n) is 7.20. The van der Waals surface area contributed by atoms with Crippen LogP contribution in [-0.2, 0) is 22.7 Å². The molecule has 0 saturated heterocycles. The van der Waals surface area contributed by atoms with Crippen LogP contribution in [-0.4, -0.2) is 67.5 Å². The number of amides is 1. The summed E-state index contributed by atoms with van der Waals surface area (Å²) in [7, 11) is 6.11. The average molecular weight is 704 g/mol. The highest BCUT2D eigenvalue weighted by atomic mass is 79.9. The zero-order valence-electron chi connectivity index (χ0n) is 26.1. The number of ether oxygens (including phenoxy) is 5. The molecule has 3 aromatic carbocycles. The number of carbonyl (C=O) groups excluding carboxylic acids is 3. The first-order chi connectivity index (χ1) is 22.7. The zero-order chi connectivity index (χ0) is 33.5. The molecule has 0 radical (unpaired) electrons. The Bertz CT molecular complexity index is 1860. The van der Waals surface area contributed by atoms with Crippen LogP contribution in [0.25, 0.3) is 12.2 Å². The van der Waals surface area contributed by atoms with Crippen LogP contribution < -0.4 is 28.6 Å². The van der Waals surface area contributed by atoms with Crippen LogP contribution in [0, 0.1) is 0 Å². The monoisotopic (exact) mass is 702 g/mol. The third kappa shape index (κ3) is 7.52. The summed E-state index contributed by atoms with van der Waals surface area (Å²) in [6.45, 7) is 0.713. The fourth-order valence-corrected chi connectivity index (χ4v) is 5.24. The van der Waals surface area contributed by atoms with E-state index in [1.165, 1.54) is 45.5 Å². The molecule has 1 aliphatic heterocycles. The third-order valence-corrected chi connectivity index (χ3v) is 7.70. The van der Waals surface area contributed by atoms with Gasteiger partial charge < -0.3 is 28.6 Å². The van der Waals surface area contributed by atoms with Crippen molar-refractivity contribution in [3.05, 3.63) is 93.7 Å². The minimum absolute atomic E-state index is 0.119. The normalized spacial score (nSPS) is 12.6. The van der Waals surface area contributed by atoms with E-state index in [-0.39, 0.29) is 18.9 Å². The first kappa shape index (κ1) is 32.9. The summed E-state index contributed by atoms with van der Waals surface area (Å²) in [5, 5.41) is 8.27. The van der Waals surface area contributed by atoms with Gasteiger partial charge in [0.05, 0.1) is 52.4 Å². The molecule has 2 heterocycles. The van der Waals surface area contributed by atoms with Crippen LogP contribution in [0.3, 0.4) is 0 Å². The van der Waals surface area contributed by atoms with E-state index in [9.17, 15) is 14.4 Å². The molecule has 0 bridgehead atoms. The van der Waals surface area contributed by atoms with Gasteiger partial charge in [-0.2, -0.15) is 0 Å². The molecule has 0 fully saturated rings. The molecule has 0 unspecified atom stereocenters. The largest absolute Gasteiger partial charge is 0.493 e. The Balaban J connectivity index is 1.16. The van der Waals surface area contributed by atoms with E-state index < -0.39 is 11.7 Å². The lowest BCUT2D eigenvalue weighted by molar-refractivity contribution is -0.114. The first-order valence-electron chi connectivity index (χ1n) is 14.3. The van der Waals surface area contributed by atoms with E-state index in [0.29, 0.717) is 57.8 Å². The molecule has 12 nitrogen and oxygen atoms in total. The van der Waals surface area contributed by atoms with Crippen molar-refractivity contribution in [2.24, 2.45) is 0 Å². The Kier molecular flexibility index (Phi) is 10.4. The van der Waals surface area contributed by atoms with Crippen molar-refractivity contribution in [1.29, 1.82) is 0 Å². The van der Waals surface area contributed by atoms with E-state index in [0.717, 1.165) is 10.0 Å². The number of halogens is 1. The van der Waals surface area contributed by atoms with Crippen molar-refractivity contribution in [2.45, 2.75) is 13.2 Å². The van der Waals surface area contributed by atoms with Gasteiger partial charge in [-0.15, -0.1) is 5.10 Å². The fourth-order valence-electron chi connectivity index (χ4n) is 4.88. The number of carbonyl (C=O) groups is 3. The van der Waals surface area contributed by atoms with Crippen molar-refractivity contribution in [1.82, 2.24) is 15.0 Å². The highest BCUT2D eigenvalue weighted by Gasteiger charge is 2.35. The molecule has 0 spiro atoms. The Morgan fingerprint density at radius 1 is 0.809 bits per heavy atom. The summed E-state index contributed by atoms with van der Waals surface area (Å²) in [4.78, 5) is 38.9. The van der Waals surface area contributed by atoms with Gasteiger partial charge in [0.2, 0.25) is 5.75 Å². The Morgan fingerprint density at radius 2 is 1.49 bits per heavy atom. The van der Waals surface area contributed by atoms with E-state index >= 15 is 0 Å². The lowest BCUT2D eigenvalue weighted by Crippen LogP contribution is -2.32. The predicted octanol–water partition coefficient (Wildman–Crippen LogP) is 5.18. The second-order valence-electron chi connectivity index (χ2n) is 10.1. The molecule has 0 aliphatic carbocycles. The molecule has 242 valence electrons. The summed E-state index contributed by atoms with van der Waals surface area (Å²) in [6, 6.07) is 14.0. The molecule has 0 N–H and O–H groups in total. The number of methoxy groups -OCH3 is 4. The minimum atomic E-state index is -0.566. The maximum Gasteiger partial charge on any atom is 0.299 e. The van der Waals surface area contributed by atoms with Crippen LogP contribution in [0.4, 0.5) is 5.69 Å². The zero-order valence-corrected chi connectivity index (χ0v) is 27.6. The number of anilines is 1. The van der Waals surface area contributed by atoms with Gasteiger partial charge in [0.25, 0.3) is 11.7 Å².